The number of hydrogen-bond donors (Lipinski definition) is 0. The van der Waals surface area contributed by atoms with Crippen molar-refractivity contribution in [2.45, 2.75) is 4.90 Å². The summed E-state index contributed by atoms with van der Waals surface area (Å²) >= 11 is 0. The molecule has 1 fully saturated rings. The van der Waals surface area contributed by atoms with Gasteiger partial charge in [-0.3, -0.25) is 19.5 Å². The third kappa shape index (κ3) is 4.27. The highest BCUT2D eigenvalue weighted by Crippen LogP contribution is 2.22. The fourth-order valence-electron chi connectivity index (χ4n) is 4.13. The highest BCUT2D eigenvalue weighted by molar-refractivity contribution is 7.89. The van der Waals surface area contributed by atoms with Crippen molar-refractivity contribution in [3.8, 4) is 5.69 Å². The van der Waals surface area contributed by atoms with Crippen LogP contribution in [0.2, 0.25) is 0 Å². The molecule has 2 heterocycles. The van der Waals surface area contributed by atoms with Crippen LogP contribution in [0.15, 0.2) is 84.0 Å². The summed E-state index contributed by atoms with van der Waals surface area (Å²) in [5, 5.41) is 10.8. The highest BCUT2D eigenvalue weighted by Gasteiger charge is 2.30. The minimum atomic E-state index is -3.80. The molecule has 35 heavy (non-hydrogen) atoms. The number of nitro benzene ring substituents is 1. The van der Waals surface area contributed by atoms with E-state index < -0.39 is 14.9 Å². The predicted molar refractivity (Wildman–Crippen MR) is 129 cm³/mol. The lowest BCUT2D eigenvalue weighted by molar-refractivity contribution is -0.384. The first kappa shape index (κ1) is 22.7. The molecule has 1 aliphatic rings. The van der Waals surface area contributed by atoms with Gasteiger partial charge in [-0.1, -0.05) is 12.1 Å². The van der Waals surface area contributed by atoms with Crippen molar-refractivity contribution in [2.75, 3.05) is 26.2 Å². The summed E-state index contributed by atoms with van der Waals surface area (Å²) in [5.41, 5.74) is 3.08. The Hall–Kier alpha value is -4.09. The van der Waals surface area contributed by atoms with Crippen LogP contribution in [0, 0.1) is 10.1 Å². The first-order valence-corrected chi connectivity index (χ1v) is 12.3. The first-order chi connectivity index (χ1) is 16.8. The molecule has 0 bridgehead atoms. The molecule has 3 aromatic carbocycles. The predicted octanol–water partition coefficient (Wildman–Crippen LogP) is 3.08. The van der Waals surface area contributed by atoms with E-state index >= 15 is 0 Å². The molecule has 0 N–H and O–H groups in total. The lowest BCUT2D eigenvalue weighted by Crippen LogP contribution is -2.50. The number of benzene rings is 3. The van der Waals surface area contributed by atoms with Crippen molar-refractivity contribution < 1.29 is 18.1 Å². The van der Waals surface area contributed by atoms with Gasteiger partial charge in [-0.05, 0) is 48.5 Å². The summed E-state index contributed by atoms with van der Waals surface area (Å²) in [7, 11) is -3.80. The van der Waals surface area contributed by atoms with Gasteiger partial charge in [-0.15, -0.1) is 0 Å². The van der Waals surface area contributed by atoms with Gasteiger partial charge in [0.2, 0.25) is 10.0 Å². The molecule has 1 amide bonds. The van der Waals surface area contributed by atoms with Crippen molar-refractivity contribution in [2.24, 2.45) is 0 Å². The van der Waals surface area contributed by atoms with Crippen molar-refractivity contribution >= 4 is 32.7 Å². The van der Waals surface area contributed by atoms with E-state index in [-0.39, 0.29) is 42.7 Å². The summed E-state index contributed by atoms with van der Waals surface area (Å²) in [6.45, 7) is 0.784. The lowest BCUT2D eigenvalue weighted by atomic mass is 10.1. The molecule has 0 aliphatic carbocycles. The van der Waals surface area contributed by atoms with Gasteiger partial charge >= 0.3 is 0 Å². The van der Waals surface area contributed by atoms with E-state index in [9.17, 15) is 23.3 Å². The number of rotatable bonds is 5. The van der Waals surface area contributed by atoms with E-state index in [1.807, 2.05) is 41.0 Å². The molecule has 4 aromatic rings. The Bertz CT molecular complexity index is 1510. The quantitative estimate of drug-likeness (QED) is 0.313. The van der Waals surface area contributed by atoms with Gasteiger partial charge < -0.3 is 4.90 Å². The maximum absolute atomic E-state index is 13.0. The molecule has 1 saturated heterocycles. The summed E-state index contributed by atoms with van der Waals surface area (Å²) in [6, 6.07) is 19.8. The molecule has 5 rings (SSSR count). The highest BCUT2D eigenvalue weighted by atomic mass is 32.2. The molecule has 0 atom stereocenters. The molecule has 10 nitrogen and oxygen atoms in total. The SMILES string of the molecule is O=C(c1ccc(-n2cnc3ccccc32)cc1)N1CCN(S(=O)(=O)c2ccc([N+](=O)[O-])cc2)CC1. The van der Waals surface area contributed by atoms with Gasteiger partial charge in [0, 0.05) is 49.6 Å². The first-order valence-electron chi connectivity index (χ1n) is 10.9. The van der Waals surface area contributed by atoms with E-state index in [4.69, 9.17) is 0 Å². The maximum Gasteiger partial charge on any atom is 0.269 e. The van der Waals surface area contributed by atoms with Crippen LogP contribution in [0.4, 0.5) is 5.69 Å². The minimum absolute atomic E-state index is 0.00880. The number of imidazole rings is 1. The maximum atomic E-state index is 13.0. The number of sulfonamides is 1. The van der Waals surface area contributed by atoms with Crippen LogP contribution in [0.1, 0.15) is 10.4 Å². The van der Waals surface area contributed by atoms with Gasteiger partial charge in [-0.2, -0.15) is 4.31 Å². The van der Waals surface area contributed by atoms with Crippen LogP contribution in [0.5, 0.6) is 0 Å². The van der Waals surface area contributed by atoms with E-state index in [0.717, 1.165) is 16.7 Å². The fourth-order valence-corrected chi connectivity index (χ4v) is 5.55. The second-order valence-corrected chi connectivity index (χ2v) is 10.0. The largest absolute Gasteiger partial charge is 0.336 e. The van der Waals surface area contributed by atoms with Crippen LogP contribution in [-0.2, 0) is 10.0 Å². The van der Waals surface area contributed by atoms with E-state index in [0.29, 0.717) is 5.56 Å². The van der Waals surface area contributed by atoms with Crippen LogP contribution in [0.3, 0.4) is 0 Å². The second-order valence-electron chi connectivity index (χ2n) is 8.10. The molecule has 0 radical (unpaired) electrons. The molecular formula is C24H21N5O5S. The fraction of sp³-hybridized carbons (Fsp3) is 0.167. The number of hydrogen-bond acceptors (Lipinski definition) is 6. The Morgan fingerprint density at radius 3 is 2.20 bits per heavy atom. The van der Waals surface area contributed by atoms with Gasteiger partial charge in [0.25, 0.3) is 11.6 Å². The molecule has 0 unspecified atom stereocenters. The minimum Gasteiger partial charge on any atom is -0.336 e. The number of amides is 1. The Labute approximate surface area is 201 Å². The molecular weight excluding hydrogens is 470 g/mol. The molecule has 1 aromatic heterocycles. The third-order valence-electron chi connectivity index (χ3n) is 6.06. The lowest BCUT2D eigenvalue weighted by Gasteiger charge is -2.34. The van der Waals surface area contributed by atoms with Crippen molar-refractivity contribution in [1.29, 1.82) is 0 Å². The standard InChI is InChI=1S/C24H21N5O5S/c30-24(18-5-7-19(8-6-18)28-17-25-22-3-1-2-4-23(22)28)26-13-15-27(16-14-26)35(33,34)21-11-9-20(10-12-21)29(31)32/h1-12,17H,13-16H2. The number of carbonyl (C=O) groups is 1. The van der Waals surface area contributed by atoms with Crippen molar-refractivity contribution in [1.82, 2.24) is 18.8 Å². The van der Waals surface area contributed by atoms with Gasteiger partial charge in [-0.25, -0.2) is 13.4 Å². The Kier molecular flexibility index (Phi) is 5.79. The molecule has 0 spiro atoms. The zero-order valence-electron chi connectivity index (χ0n) is 18.5. The number of nitro groups is 1. The van der Waals surface area contributed by atoms with E-state index in [1.165, 1.54) is 28.6 Å². The van der Waals surface area contributed by atoms with Crippen molar-refractivity contribution in [3.63, 3.8) is 0 Å². The smallest absolute Gasteiger partial charge is 0.269 e. The average Bonchev–Trinajstić information content (AvgIpc) is 3.33. The van der Waals surface area contributed by atoms with Crippen molar-refractivity contribution in [3.05, 3.63) is 94.8 Å². The van der Waals surface area contributed by atoms with Crippen LogP contribution >= 0.6 is 0 Å². The third-order valence-corrected chi connectivity index (χ3v) is 7.97. The number of carbonyl (C=O) groups excluding carboxylic acids is 1. The van der Waals surface area contributed by atoms with Gasteiger partial charge in [0.15, 0.2) is 0 Å². The zero-order valence-corrected chi connectivity index (χ0v) is 19.3. The summed E-state index contributed by atoms with van der Waals surface area (Å²) in [5.74, 6) is -0.167. The topological polar surface area (TPSA) is 119 Å². The van der Waals surface area contributed by atoms with Gasteiger partial charge in [0.05, 0.1) is 20.9 Å². The Balaban J connectivity index is 1.25. The number of nitrogens with zero attached hydrogens (tertiary/aromatic N) is 5. The summed E-state index contributed by atoms with van der Waals surface area (Å²) in [4.78, 5) is 29.3. The molecule has 11 heteroatoms. The molecule has 0 saturated carbocycles. The normalized spacial score (nSPS) is 14.8. The average molecular weight is 492 g/mol. The van der Waals surface area contributed by atoms with Crippen LogP contribution < -0.4 is 0 Å². The summed E-state index contributed by atoms with van der Waals surface area (Å²) in [6.07, 6.45) is 1.74. The second kappa shape index (κ2) is 8.93. The van der Waals surface area contributed by atoms with Crippen LogP contribution in [0.25, 0.3) is 16.7 Å². The zero-order chi connectivity index (χ0) is 24.6. The Morgan fingerprint density at radius 2 is 1.54 bits per heavy atom. The monoisotopic (exact) mass is 491 g/mol. The summed E-state index contributed by atoms with van der Waals surface area (Å²) < 4.78 is 29.1. The van der Waals surface area contributed by atoms with Crippen LogP contribution in [-0.4, -0.2) is 64.2 Å². The number of aromatic nitrogens is 2. The number of fused-ring (bicyclic) bond motifs is 1. The number of non-ortho nitro benzene ring substituents is 1. The van der Waals surface area contributed by atoms with E-state index in [1.54, 1.807) is 23.4 Å². The molecule has 178 valence electrons. The number of para-hydroxylation sites is 2. The number of piperazine rings is 1. The van der Waals surface area contributed by atoms with Gasteiger partial charge in [0.1, 0.15) is 6.33 Å². The molecule has 1 aliphatic heterocycles. The Morgan fingerprint density at radius 1 is 0.886 bits per heavy atom. The van der Waals surface area contributed by atoms with E-state index in [2.05, 4.69) is 4.98 Å².